The lowest BCUT2D eigenvalue weighted by Gasteiger charge is -2.16. The summed E-state index contributed by atoms with van der Waals surface area (Å²) in [5.41, 5.74) is 8.59. The highest BCUT2D eigenvalue weighted by molar-refractivity contribution is 5.69. The van der Waals surface area contributed by atoms with Gasteiger partial charge in [0.05, 0.1) is 23.7 Å². The summed E-state index contributed by atoms with van der Waals surface area (Å²) in [7, 11) is 0. The Morgan fingerprint density at radius 2 is 1.97 bits per heavy atom. The lowest BCUT2D eigenvalue weighted by molar-refractivity contribution is 0.525. The first-order valence-corrected chi connectivity index (χ1v) is 11.1. The smallest absolute Gasteiger partial charge is 0.0991 e. The number of nitrogens with zero attached hydrogens (tertiary/aromatic N) is 3. The number of imidazole rings is 1. The number of hydrogen-bond acceptors (Lipinski definition) is 3. The van der Waals surface area contributed by atoms with Gasteiger partial charge in [0.2, 0.25) is 0 Å². The molecule has 1 aliphatic rings. The second-order valence-electron chi connectivity index (χ2n) is 8.57. The van der Waals surface area contributed by atoms with Gasteiger partial charge in [0.25, 0.3) is 0 Å². The van der Waals surface area contributed by atoms with E-state index in [2.05, 4.69) is 59.1 Å². The maximum Gasteiger partial charge on any atom is 0.0991 e. The van der Waals surface area contributed by atoms with E-state index in [0.29, 0.717) is 11.6 Å². The molecule has 0 radical (unpaired) electrons. The lowest BCUT2D eigenvalue weighted by Crippen LogP contribution is -2.27. The third-order valence-corrected chi connectivity index (χ3v) is 6.12. The Hall–Kier alpha value is -3.16. The first-order valence-electron chi connectivity index (χ1n) is 11.1. The molecule has 3 aromatic rings. The first-order chi connectivity index (χ1) is 15.1. The first kappa shape index (κ1) is 21.1. The van der Waals surface area contributed by atoms with Crippen molar-refractivity contribution in [1.29, 1.82) is 5.26 Å². The molecule has 2 aromatic carbocycles. The van der Waals surface area contributed by atoms with Crippen LogP contribution >= 0.6 is 0 Å². The van der Waals surface area contributed by atoms with Gasteiger partial charge in [-0.3, -0.25) is 0 Å². The summed E-state index contributed by atoms with van der Waals surface area (Å²) < 4.78 is 2.18. The minimum absolute atomic E-state index is 0.372. The topological polar surface area (TPSA) is 53.6 Å². The molecule has 0 fully saturated rings. The van der Waals surface area contributed by atoms with Crippen molar-refractivity contribution < 1.29 is 0 Å². The van der Waals surface area contributed by atoms with E-state index in [1.54, 1.807) is 0 Å². The van der Waals surface area contributed by atoms with Gasteiger partial charge in [-0.15, -0.1) is 0 Å². The summed E-state index contributed by atoms with van der Waals surface area (Å²) in [4.78, 5) is 4.37. The van der Waals surface area contributed by atoms with Crippen molar-refractivity contribution in [3.63, 3.8) is 0 Å². The van der Waals surface area contributed by atoms with E-state index in [1.807, 2.05) is 36.8 Å². The van der Waals surface area contributed by atoms with Gasteiger partial charge in [-0.25, -0.2) is 4.98 Å². The number of aromatic nitrogens is 2. The molecule has 31 heavy (non-hydrogen) atoms. The van der Waals surface area contributed by atoms with E-state index in [-0.39, 0.29) is 0 Å². The number of aryl methyl sites for hydroxylation is 2. The third kappa shape index (κ3) is 5.31. The summed E-state index contributed by atoms with van der Waals surface area (Å²) in [6.07, 6.45) is 11.1. The van der Waals surface area contributed by atoms with Crippen molar-refractivity contribution in [3.8, 4) is 6.07 Å². The van der Waals surface area contributed by atoms with Gasteiger partial charge < -0.3 is 9.88 Å². The molecule has 4 nitrogen and oxygen atoms in total. The normalized spacial score (nSPS) is 16.4. The van der Waals surface area contributed by atoms with E-state index in [4.69, 9.17) is 5.26 Å². The maximum atomic E-state index is 8.98. The zero-order valence-corrected chi connectivity index (χ0v) is 18.4. The molecule has 1 atom stereocenters. The van der Waals surface area contributed by atoms with Crippen molar-refractivity contribution in [2.75, 3.05) is 0 Å². The highest BCUT2D eigenvalue weighted by atomic mass is 15.1. The zero-order chi connectivity index (χ0) is 21.6. The van der Waals surface area contributed by atoms with Gasteiger partial charge in [-0.2, -0.15) is 5.26 Å². The van der Waals surface area contributed by atoms with Crippen molar-refractivity contribution in [2.45, 2.75) is 58.7 Å². The van der Waals surface area contributed by atoms with Crippen LogP contribution in [0.25, 0.3) is 5.57 Å². The predicted molar refractivity (Wildman–Crippen MR) is 125 cm³/mol. The molecule has 1 heterocycles. The molecular formula is C27H30N4. The predicted octanol–water partition coefficient (Wildman–Crippen LogP) is 5.54. The van der Waals surface area contributed by atoms with E-state index in [0.717, 1.165) is 25.9 Å². The summed E-state index contributed by atoms with van der Waals surface area (Å²) in [5.74, 6) is 0. The Morgan fingerprint density at radius 1 is 1.13 bits per heavy atom. The van der Waals surface area contributed by atoms with Crippen molar-refractivity contribution >= 4 is 5.57 Å². The Bertz CT molecular complexity index is 1100. The van der Waals surface area contributed by atoms with Gasteiger partial charge >= 0.3 is 0 Å². The fourth-order valence-electron chi connectivity index (χ4n) is 4.40. The van der Waals surface area contributed by atoms with E-state index < -0.39 is 0 Å². The highest BCUT2D eigenvalue weighted by Crippen LogP contribution is 2.29. The van der Waals surface area contributed by atoms with Gasteiger partial charge in [0, 0.05) is 25.3 Å². The van der Waals surface area contributed by atoms with Crippen LogP contribution in [0.1, 0.15) is 59.2 Å². The van der Waals surface area contributed by atoms with Crippen LogP contribution < -0.4 is 5.32 Å². The van der Waals surface area contributed by atoms with Crippen LogP contribution in [-0.4, -0.2) is 15.6 Å². The van der Waals surface area contributed by atoms with Crippen LogP contribution in [0.15, 0.2) is 61.1 Å². The zero-order valence-electron chi connectivity index (χ0n) is 18.4. The molecular weight excluding hydrogens is 380 g/mol. The molecule has 0 saturated heterocycles. The van der Waals surface area contributed by atoms with E-state index >= 15 is 0 Å². The second-order valence-corrected chi connectivity index (χ2v) is 8.57. The van der Waals surface area contributed by atoms with Crippen LogP contribution in [0.4, 0.5) is 0 Å². The molecule has 1 unspecified atom stereocenters. The standard InChI is InChI=1S/C27H30N4/c1-20-7-12-27(21(2)13-20)24-5-3-4-6-25(14-24)30-17-26-16-29-19-31(26)18-23-10-8-22(15-28)9-11-23/h7-14,16,19,25,30H,3-6,17-18H2,1-2H3. The molecule has 158 valence electrons. The average Bonchev–Trinajstić information content (AvgIpc) is 3.07. The molecule has 0 bridgehead atoms. The minimum atomic E-state index is 0.372. The van der Waals surface area contributed by atoms with Crippen molar-refractivity contribution in [1.82, 2.24) is 14.9 Å². The Labute approximate surface area is 185 Å². The molecule has 1 aromatic heterocycles. The summed E-state index contributed by atoms with van der Waals surface area (Å²) in [5, 5.41) is 12.7. The van der Waals surface area contributed by atoms with Crippen LogP contribution in [0.5, 0.6) is 0 Å². The monoisotopic (exact) mass is 410 g/mol. The third-order valence-electron chi connectivity index (χ3n) is 6.12. The van der Waals surface area contributed by atoms with Crippen LogP contribution in [0.2, 0.25) is 0 Å². The number of nitrogens with one attached hydrogen (secondary N) is 1. The fraction of sp³-hybridized carbons (Fsp3) is 0.333. The van der Waals surface area contributed by atoms with Crippen molar-refractivity contribution in [2.24, 2.45) is 0 Å². The molecule has 1 N–H and O–H groups in total. The Balaban J connectivity index is 1.45. The largest absolute Gasteiger partial charge is 0.329 e. The molecule has 0 aliphatic heterocycles. The number of nitriles is 1. The molecule has 4 rings (SSSR count). The Kier molecular flexibility index (Phi) is 6.64. The number of rotatable bonds is 6. The van der Waals surface area contributed by atoms with Crippen LogP contribution in [-0.2, 0) is 13.1 Å². The molecule has 0 spiro atoms. The molecule has 0 saturated carbocycles. The van der Waals surface area contributed by atoms with Crippen LogP contribution in [0.3, 0.4) is 0 Å². The van der Waals surface area contributed by atoms with Gasteiger partial charge in [-0.1, -0.05) is 48.4 Å². The Morgan fingerprint density at radius 3 is 2.74 bits per heavy atom. The molecule has 0 amide bonds. The highest BCUT2D eigenvalue weighted by Gasteiger charge is 2.15. The summed E-state index contributed by atoms with van der Waals surface area (Å²) in [6.45, 7) is 5.93. The number of allylic oxidation sites excluding steroid dienone is 1. The minimum Gasteiger partial charge on any atom is -0.329 e. The van der Waals surface area contributed by atoms with Gasteiger partial charge in [0.1, 0.15) is 0 Å². The van der Waals surface area contributed by atoms with Crippen molar-refractivity contribution in [3.05, 3.63) is 94.6 Å². The average molecular weight is 411 g/mol. The van der Waals surface area contributed by atoms with Gasteiger partial charge in [-0.05, 0) is 67.5 Å². The van der Waals surface area contributed by atoms with E-state index in [9.17, 15) is 0 Å². The summed E-state index contributed by atoms with van der Waals surface area (Å²) >= 11 is 0. The number of hydrogen-bond donors (Lipinski definition) is 1. The maximum absolute atomic E-state index is 8.98. The SMILES string of the molecule is Cc1ccc(C2=CC(NCc3cncn3Cc3ccc(C#N)cc3)CCCC2)c(C)c1. The van der Waals surface area contributed by atoms with Crippen LogP contribution in [0, 0.1) is 25.2 Å². The fourth-order valence-corrected chi connectivity index (χ4v) is 4.40. The van der Waals surface area contributed by atoms with Gasteiger partial charge in [0.15, 0.2) is 0 Å². The number of benzene rings is 2. The lowest BCUT2D eigenvalue weighted by atomic mass is 9.95. The quantitative estimate of drug-likeness (QED) is 0.581. The van der Waals surface area contributed by atoms with E-state index in [1.165, 1.54) is 46.4 Å². The second kappa shape index (κ2) is 9.76. The molecule has 4 heteroatoms. The summed E-state index contributed by atoms with van der Waals surface area (Å²) in [6, 6.07) is 17.1. The molecule has 1 aliphatic carbocycles.